The van der Waals surface area contributed by atoms with Crippen molar-refractivity contribution in [2.24, 2.45) is 23.7 Å². The van der Waals surface area contributed by atoms with Gasteiger partial charge in [-0.25, -0.2) is 0 Å². The Hall–Kier alpha value is -0.360. The van der Waals surface area contributed by atoms with Gasteiger partial charge in [-0.15, -0.1) is 0 Å². The van der Waals surface area contributed by atoms with Crippen LogP contribution in [0.1, 0.15) is 67.2 Å². The summed E-state index contributed by atoms with van der Waals surface area (Å²) in [4.78, 5) is 23.4. The topological polar surface area (TPSA) is 52.6 Å². The van der Waals surface area contributed by atoms with Crippen LogP contribution in [0.3, 0.4) is 0 Å². The SMILES string of the molecule is CC(C)CCC(C)COC(=O)CSSCC(=O)OCC(C)CCC(C)C. The van der Waals surface area contributed by atoms with Gasteiger partial charge < -0.3 is 9.47 Å². The number of hydrogen-bond acceptors (Lipinski definition) is 6. The van der Waals surface area contributed by atoms with Crippen LogP contribution in [0.4, 0.5) is 0 Å². The highest BCUT2D eigenvalue weighted by Gasteiger charge is 2.11. The Bertz CT molecular complexity index is 350. The zero-order chi connectivity index (χ0) is 19.9. The molecular formula is C20H38O4S2. The molecule has 0 aromatic rings. The summed E-state index contributed by atoms with van der Waals surface area (Å²) in [6.07, 6.45) is 4.46. The van der Waals surface area contributed by atoms with Crippen molar-refractivity contribution in [3.05, 3.63) is 0 Å². The Morgan fingerprint density at radius 1 is 0.654 bits per heavy atom. The number of hydrogen-bond donors (Lipinski definition) is 0. The van der Waals surface area contributed by atoms with E-state index in [1.165, 1.54) is 21.6 Å². The minimum atomic E-state index is -0.213. The Balaban J connectivity index is 3.62. The maximum Gasteiger partial charge on any atom is 0.316 e. The maximum absolute atomic E-state index is 11.7. The summed E-state index contributed by atoms with van der Waals surface area (Å²) < 4.78 is 10.6. The van der Waals surface area contributed by atoms with Gasteiger partial charge in [-0.3, -0.25) is 9.59 Å². The lowest BCUT2D eigenvalue weighted by Crippen LogP contribution is -2.15. The minimum absolute atomic E-state index is 0.213. The fourth-order valence-electron chi connectivity index (χ4n) is 2.14. The molecule has 0 bridgehead atoms. The van der Waals surface area contributed by atoms with Crippen molar-refractivity contribution in [3.8, 4) is 0 Å². The van der Waals surface area contributed by atoms with E-state index < -0.39 is 0 Å². The summed E-state index contributed by atoms with van der Waals surface area (Å²) >= 11 is 0. The molecule has 0 aliphatic carbocycles. The van der Waals surface area contributed by atoms with E-state index in [0.717, 1.165) is 25.7 Å². The summed E-state index contributed by atoms with van der Waals surface area (Å²) in [6, 6.07) is 0. The molecule has 2 atom stereocenters. The second-order valence-electron chi connectivity index (χ2n) is 8.04. The van der Waals surface area contributed by atoms with Crippen LogP contribution in [0, 0.1) is 23.7 Å². The first kappa shape index (κ1) is 25.6. The Labute approximate surface area is 168 Å². The zero-order valence-electron chi connectivity index (χ0n) is 17.4. The molecule has 154 valence electrons. The fourth-order valence-corrected chi connectivity index (χ4v) is 3.74. The highest BCUT2D eigenvalue weighted by molar-refractivity contribution is 8.77. The minimum Gasteiger partial charge on any atom is -0.465 e. The molecule has 0 rings (SSSR count). The van der Waals surface area contributed by atoms with Crippen LogP contribution in [-0.4, -0.2) is 36.7 Å². The van der Waals surface area contributed by atoms with Crippen molar-refractivity contribution < 1.29 is 19.1 Å². The van der Waals surface area contributed by atoms with Gasteiger partial charge >= 0.3 is 11.9 Å². The molecule has 4 nitrogen and oxygen atoms in total. The molecule has 0 spiro atoms. The van der Waals surface area contributed by atoms with Crippen LogP contribution in [0.5, 0.6) is 0 Å². The molecule has 6 heteroatoms. The zero-order valence-corrected chi connectivity index (χ0v) is 19.0. The molecule has 0 radical (unpaired) electrons. The van der Waals surface area contributed by atoms with Crippen LogP contribution >= 0.6 is 21.6 Å². The fraction of sp³-hybridized carbons (Fsp3) is 0.900. The van der Waals surface area contributed by atoms with Crippen LogP contribution in [0.25, 0.3) is 0 Å². The predicted octanol–water partition coefficient (Wildman–Crippen LogP) is 5.60. The number of carbonyl (C=O) groups is 2. The first-order valence-corrected chi connectivity index (χ1v) is 12.2. The van der Waals surface area contributed by atoms with E-state index in [-0.39, 0.29) is 23.4 Å². The van der Waals surface area contributed by atoms with E-state index in [2.05, 4.69) is 41.5 Å². The van der Waals surface area contributed by atoms with Crippen LogP contribution in [0.15, 0.2) is 0 Å². The largest absolute Gasteiger partial charge is 0.465 e. The summed E-state index contributed by atoms with van der Waals surface area (Å²) in [7, 11) is 2.70. The first-order valence-electron chi connectivity index (χ1n) is 9.76. The molecule has 0 fully saturated rings. The van der Waals surface area contributed by atoms with Crippen molar-refractivity contribution >= 4 is 33.5 Å². The normalized spacial score (nSPS) is 13.7. The molecule has 0 saturated carbocycles. The summed E-state index contributed by atoms with van der Waals surface area (Å²) in [5.41, 5.74) is 0. The smallest absolute Gasteiger partial charge is 0.316 e. The van der Waals surface area contributed by atoms with E-state index >= 15 is 0 Å². The van der Waals surface area contributed by atoms with Crippen molar-refractivity contribution in [3.63, 3.8) is 0 Å². The first-order chi connectivity index (χ1) is 12.2. The molecule has 26 heavy (non-hydrogen) atoms. The van der Waals surface area contributed by atoms with Crippen LogP contribution in [0.2, 0.25) is 0 Å². The third kappa shape index (κ3) is 17.1. The standard InChI is InChI=1S/C20H38O4S2/c1-15(2)7-9-17(5)11-23-19(21)13-25-26-14-20(22)24-12-18(6)10-8-16(3)4/h15-18H,7-14H2,1-6H3. The Morgan fingerprint density at radius 2 is 1.00 bits per heavy atom. The van der Waals surface area contributed by atoms with E-state index in [1.807, 2.05) is 0 Å². The number of esters is 2. The van der Waals surface area contributed by atoms with Gasteiger partial charge in [0, 0.05) is 0 Å². The third-order valence-corrected chi connectivity index (χ3v) is 6.05. The van der Waals surface area contributed by atoms with Gasteiger partial charge in [-0.2, -0.15) is 0 Å². The van der Waals surface area contributed by atoms with Gasteiger partial charge in [0.1, 0.15) is 11.5 Å². The Kier molecular flexibility index (Phi) is 15.5. The summed E-state index contributed by atoms with van der Waals surface area (Å²) in [5.74, 6) is 2.25. The average molecular weight is 407 g/mol. The van der Waals surface area contributed by atoms with Gasteiger partial charge in [0.25, 0.3) is 0 Å². The molecule has 0 aliphatic heterocycles. The number of carbonyl (C=O) groups excluding carboxylic acids is 2. The quantitative estimate of drug-likeness (QED) is 0.200. The third-order valence-electron chi connectivity index (χ3n) is 3.97. The van der Waals surface area contributed by atoms with Gasteiger partial charge in [-0.05, 0) is 36.5 Å². The second-order valence-corrected chi connectivity index (χ2v) is 10.5. The van der Waals surface area contributed by atoms with Gasteiger partial charge in [0.2, 0.25) is 0 Å². The van der Waals surface area contributed by atoms with Crippen molar-refractivity contribution in [1.82, 2.24) is 0 Å². The predicted molar refractivity (Wildman–Crippen MR) is 113 cm³/mol. The van der Waals surface area contributed by atoms with E-state index in [4.69, 9.17) is 9.47 Å². The second kappa shape index (κ2) is 15.7. The van der Waals surface area contributed by atoms with Gasteiger partial charge in [-0.1, -0.05) is 76.0 Å². The number of ether oxygens (including phenoxy) is 2. The summed E-state index contributed by atoms with van der Waals surface area (Å²) in [6.45, 7) is 14.0. The maximum atomic E-state index is 11.7. The van der Waals surface area contributed by atoms with Crippen LogP contribution in [-0.2, 0) is 19.1 Å². The Morgan fingerprint density at radius 3 is 1.31 bits per heavy atom. The van der Waals surface area contributed by atoms with Crippen molar-refractivity contribution in [2.75, 3.05) is 24.7 Å². The lowest BCUT2D eigenvalue weighted by atomic mass is 10.0. The van der Waals surface area contributed by atoms with Crippen LogP contribution < -0.4 is 0 Å². The van der Waals surface area contributed by atoms with Gasteiger partial charge in [0.15, 0.2) is 0 Å². The molecule has 0 aliphatic rings. The molecule has 2 unspecified atom stereocenters. The molecule has 0 heterocycles. The lowest BCUT2D eigenvalue weighted by molar-refractivity contribution is -0.142. The van der Waals surface area contributed by atoms with E-state index in [1.54, 1.807) is 0 Å². The molecule has 0 aromatic carbocycles. The monoisotopic (exact) mass is 406 g/mol. The summed E-state index contributed by atoms with van der Waals surface area (Å²) in [5, 5.41) is 0. The lowest BCUT2D eigenvalue weighted by Gasteiger charge is -2.13. The van der Waals surface area contributed by atoms with Crippen molar-refractivity contribution in [1.29, 1.82) is 0 Å². The molecule has 0 amide bonds. The average Bonchev–Trinajstić information content (AvgIpc) is 2.58. The molecular weight excluding hydrogens is 368 g/mol. The highest BCUT2D eigenvalue weighted by Crippen LogP contribution is 2.22. The van der Waals surface area contributed by atoms with Gasteiger partial charge in [0.05, 0.1) is 13.2 Å². The van der Waals surface area contributed by atoms with Crippen molar-refractivity contribution in [2.45, 2.75) is 67.2 Å². The molecule has 0 N–H and O–H groups in total. The highest BCUT2D eigenvalue weighted by atomic mass is 33.1. The van der Waals surface area contributed by atoms with E-state index in [9.17, 15) is 9.59 Å². The number of rotatable bonds is 15. The molecule has 0 aromatic heterocycles. The molecule has 0 saturated heterocycles. The van der Waals surface area contributed by atoms with E-state index in [0.29, 0.717) is 36.9 Å².